The molecule has 1 heterocycles. The third-order valence-corrected chi connectivity index (χ3v) is 4.94. The van der Waals surface area contributed by atoms with Crippen LogP contribution in [0.4, 0.5) is 8.78 Å². The third kappa shape index (κ3) is 4.72. The molecule has 0 saturated heterocycles. The zero-order valence-corrected chi connectivity index (χ0v) is 15.9. The highest BCUT2D eigenvalue weighted by Crippen LogP contribution is 2.45. The van der Waals surface area contributed by atoms with E-state index in [1.54, 1.807) is 6.20 Å². The molecule has 2 atom stereocenters. The van der Waals surface area contributed by atoms with E-state index in [4.69, 9.17) is 10.2 Å². The number of nitrogens with zero attached hydrogens (tertiary/aromatic N) is 1. The number of aromatic nitrogens is 1. The van der Waals surface area contributed by atoms with E-state index in [-0.39, 0.29) is 23.9 Å². The quantitative estimate of drug-likeness (QED) is 0.689. The summed E-state index contributed by atoms with van der Waals surface area (Å²) >= 11 is 0. The van der Waals surface area contributed by atoms with Crippen molar-refractivity contribution in [3.8, 4) is 0 Å². The van der Waals surface area contributed by atoms with Crippen LogP contribution in [0.1, 0.15) is 50.8 Å². The predicted octanol–water partition coefficient (Wildman–Crippen LogP) is 2.76. The summed E-state index contributed by atoms with van der Waals surface area (Å²) in [5.74, 6) is 0.136. The topological polar surface area (TPSA) is 84.3 Å². The van der Waals surface area contributed by atoms with E-state index in [0.29, 0.717) is 11.5 Å². The Hall–Kier alpha value is -1.83. The van der Waals surface area contributed by atoms with Gasteiger partial charge in [0.1, 0.15) is 17.4 Å². The number of aliphatic hydroxyl groups is 1. The summed E-state index contributed by atoms with van der Waals surface area (Å²) in [6.07, 6.45) is 2.79. The van der Waals surface area contributed by atoms with Crippen LogP contribution < -0.4 is 11.1 Å². The van der Waals surface area contributed by atoms with Gasteiger partial charge in [-0.3, -0.25) is 0 Å². The second-order valence-corrected chi connectivity index (χ2v) is 8.46. The maximum Gasteiger partial charge on any atom is 0.214 e. The van der Waals surface area contributed by atoms with E-state index < -0.39 is 23.8 Å². The van der Waals surface area contributed by atoms with Crippen LogP contribution in [0.15, 0.2) is 28.8 Å². The van der Waals surface area contributed by atoms with Gasteiger partial charge in [0.05, 0.1) is 17.8 Å². The van der Waals surface area contributed by atoms with E-state index in [2.05, 4.69) is 31.1 Å². The molecule has 0 aliphatic heterocycles. The van der Waals surface area contributed by atoms with Gasteiger partial charge in [-0.05, 0) is 37.0 Å². The van der Waals surface area contributed by atoms with Crippen molar-refractivity contribution in [1.82, 2.24) is 10.3 Å². The molecular weight excluding hydrogens is 352 g/mol. The minimum atomic E-state index is -0.870. The average molecular weight is 379 g/mol. The lowest BCUT2D eigenvalue weighted by atomic mass is 9.94. The molecule has 148 valence electrons. The van der Waals surface area contributed by atoms with Crippen LogP contribution in [-0.2, 0) is 17.4 Å². The largest absolute Gasteiger partial charge is 0.443 e. The number of nitrogens with one attached hydrogen (secondary N) is 1. The first-order valence-corrected chi connectivity index (χ1v) is 9.19. The standard InChI is InChI=1S/C20H27F2N3O2/c1-19(2,3)17-11-24-18(27-17)20(4-5-20)25-10-16(26)15(23)8-12-6-13(21)9-14(22)7-12/h6-7,9,11,15-16,25-26H,4-5,8,10,23H2,1-3H3. The molecule has 2 unspecified atom stereocenters. The Balaban J connectivity index is 1.58. The Bertz CT molecular complexity index is 777. The number of halogens is 2. The Labute approximate surface area is 158 Å². The maximum atomic E-state index is 13.3. The van der Waals surface area contributed by atoms with Crippen molar-refractivity contribution in [2.75, 3.05) is 6.54 Å². The minimum Gasteiger partial charge on any atom is -0.443 e. The molecule has 7 heteroatoms. The molecule has 1 saturated carbocycles. The zero-order chi connectivity index (χ0) is 19.8. The highest BCUT2D eigenvalue weighted by atomic mass is 19.1. The minimum absolute atomic E-state index is 0.122. The molecule has 0 radical (unpaired) electrons. The first kappa shape index (κ1) is 19.9. The first-order valence-electron chi connectivity index (χ1n) is 9.19. The number of aliphatic hydroxyl groups excluding tert-OH is 1. The summed E-state index contributed by atoms with van der Waals surface area (Å²) in [5, 5.41) is 13.7. The molecule has 3 rings (SSSR count). The second-order valence-electron chi connectivity index (χ2n) is 8.46. The van der Waals surface area contributed by atoms with Crippen molar-refractivity contribution in [3.63, 3.8) is 0 Å². The Morgan fingerprint density at radius 2 is 1.89 bits per heavy atom. The van der Waals surface area contributed by atoms with E-state index in [0.717, 1.165) is 24.7 Å². The van der Waals surface area contributed by atoms with Crippen LogP contribution in [-0.4, -0.2) is 28.8 Å². The number of oxazole rings is 1. The van der Waals surface area contributed by atoms with Crippen molar-refractivity contribution in [2.24, 2.45) is 5.73 Å². The molecule has 1 aliphatic rings. The Morgan fingerprint density at radius 3 is 2.41 bits per heavy atom. The third-order valence-electron chi connectivity index (χ3n) is 4.94. The summed E-state index contributed by atoms with van der Waals surface area (Å²) in [4.78, 5) is 4.40. The summed E-state index contributed by atoms with van der Waals surface area (Å²) in [5.41, 5.74) is 5.96. The van der Waals surface area contributed by atoms with Crippen molar-refractivity contribution in [3.05, 3.63) is 53.2 Å². The number of hydrogen-bond donors (Lipinski definition) is 3. The molecule has 1 fully saturated rings. The van der Waals surface area contributed by atoms with E-state index in [1.807, 2.05) is 0 Å². The van der Waals surface area contributed by atoms with Crippen molar-refractivity contribution in [1.29, 1.82) is 0 Å². The lowest BCUT2D eigenvalue weighted by molar-refractivity contribution is 0.133. The number of nitrogens with two attached hydrogens (primary N) is 1. The molecule has 5 nitrogen and oxygen atoms in total. The normalized spacial score (nSPS) is 18.3. The van der Waals surface area contributed by atoms with Gasteiger partial charge in [0.2, 0.25) is 5.89 Å². The molecule has 1 aromatic carbocycles. The van der Waals surface area contributed by atoms with Gasteiger partial charge in [-0.15, -0.1) is 0 Å². The molecule has 0 spiro atoms. The van der Waals surface area contributed by atoms with Gasteiger partial charge >= 0.3 is 0 Å². The number of hydrogen-bond acceptors (Lipinski definition) is 5. The fourth-order valence-corrected chi connectivity index (χ4v) is 3.02. The van der Waals surface area contributed by atoms with Gasteiger partial charge in [0.25, 0.3) is 0 Å². The Kier molecular flexibility index (Phi) is 5.38. The first-order chi connectivity index (χ1) is 12.6. The molecule has 0 bridgehead atoms. The SMILES string of the molecule is CC(C)(C)c1cnc(C2(NCC(O)C(N)Cc3cc(F)cc(F)c3)CC2)o1. The summed E-state index contributed by atoms with van der Waals surface area (Å²) in [6.45, 7) is 6.42. The molecule has 1 aromatic heterocycles. The van der Waals surface area contributed by atoms with Gasteiger partial charge in [-0.2, -0.15) is 0 Å². The maximum absolute atomic E-state index is 13.3. The van der Waals surface area contributed by atoms with Gasteiger partial charge in [-0.1, -0.05) is 20.8 Å². The fourth-order valence-electron chi connectivity index (χ4n) is 3.02. The van der Waals surface area contributed by atoms with Gasteiger partial charge < -0.3 is 20.6 Å². The molecule has 1 aliphatic carbocycles. The van der Waals surface area contributed by atoms with Crippen LogP contribution in [0, 0.1) is 11.6 Å². The summed E-state index contributed by atoms with van der Waals surface area (Å²) < 4.78 is 32.5. The van der Waals surface area contributed by atoms with Gasteiger partial charge in [0.15, 0.2) is 0 Å². The second kappa shape index (κ2) is 7.30. The van der Waals surface area contributed by atoms with E-state index in [9.17, 15) is 13.9 Å². The van der Waals surface area contributed by atoms with Crippen molar-refractivity contribution >= 4 is 0 Å². The molecule has 4 N–H and O–H groups in total. The molecule has 2 aromatic rings. The monoisotopic (exact) mass is 379 g/mol. The number of rotatable bonds is 7. The van der Waals surface area contributed by atoms with Crippen molar-refractivity contribution < 1.29 is 18.3 Å². The lowest BCUT2D eigenvalue weighted by Gasteiger charge is -2.22. The Morgan fingerprint density at radius 1 is 1.26 bits per heavy atom. The highest BCUT2D eigenvalue weighted by Gasteiger charge is 2.49. The highest BCUT2D eigenvalue weighted by molar-refractivity contribution is 5.20. The van der Waals surface area contributed by atoms with E-state index in [1.165, 1.54) is 12.1 Å². The van der Waals surface area contributed by atoms with Crippen LogP contribution >= 0.6 is 0 Å². The van der Waals surface area contributed by atoms with E-state index >= 15 is 0 Å². The van der Waals surface area contributed by atoms with Crippen LogP contribution in [0.5, 0.6) is 0 Å². The molecule has 27 heavy (non-hydrogen) atoms. The van der Waals surface area contributed by atoms with Gasteiger partial charge in [-0.25, -0.2) is 13.8 Å². The molecular formula is C20H27F2N3O2. The fraction of sp³-hybridized carbons (Fsp3) is 0.550. The van der Waals surface area contributed by atoms with Gasteiger partial charge in [0, 0.05) is 24.1 Å². The van der Waals surface area contributed by atoms with Crippen LogP contribution in [0.2, 0.25) is 0 Å². The lowest BCUT2D eigenvalue weighted by Crippen LogP contribution is -2.45. The zero-order valence-electron chi connectivity index (χ0n) is 15.9. The van der Waals surface area contributed by atoms with Crippen LogP contribution in [0.3, 0.4) is 0 Å². The average Bonchev–Trinajstić information content (AvgIpc) is 3.15. The summed E-state index contributed by atoms with van der Waals surface area (Å²) in [7, 11) is 0. The van der Waals surface area contributed by atoms with Crippen molar-refractivity contribution in [2.45, 2.75) is 63.1 Å². The number of benzene rings is 1. The molecule has 0 amide bonds. The predicted molar refractivity (Wildman–Crippen MR) is 98.2 cm³/mol. The smallest absolute Gasteiger partial charge is 0.214 e. The van der Waals surface area contributed by atoms with Crippen LogP contribution in [0.25, 0.3) is 0 Å². The summed E-state index contributed by atoms with van der Waals surface area (Å²) in [6, 6.07) is 2.62.